The Labute approximate surface area is 125 Å². The number of benzene rings is 1. The number of hydrogen-bond acceptors (Lipinski definition) is 6. The summed E-state index contributed by atoms with van der Waals surface area (Å²) in [5.41, 5.74) is 0.755. The molecule has 3 rings (SSSR count). The number of ether oxygens (including phenoxy) is 3. The van der Waals surface area contributed by atoms with Crippen LogP contribution >= 0.6 is 24.0 Å². The van der Waals surface area contributed by atoms with E-state index in [2.05, 4.69) is 0 Å². The van der Waals surface area contributed by atoms with Crippen LogP contribution in [0.1, 0.15) is 5.56 Å². The fraction of sp³-hybridized carbons (Fsp3) is 0.231. The highest BCUT2D eigenvalue weighted by atomic mass is 32.2. The van der Waals surface area contributed by atoms with Crippen molar-refractivity contribution in [2.45, 2.75) is 0 Å². The van der Waals surface area contributed by atoms with Gasteiger partial charge >= 0.3 is 0 Å². The van der Waals surface area contributed by atoms with Crippen molar-refractivity contribution in [1.82, 2.24) is 4.90 Å². The molecule has 5 nitrogen and oxygen atoms in total. The third-order valence-corrected chi connectivity index (χ3v) is 4.48. The molecule has 0 N–H and O–H groups in total. The summed E-state index contributed by atoms with van der Waals surface area (Å²) >= 11 is 6.37. The van der Waals surface area contributed by atoms with Gasteiger partial charge in [-0.25, -0.2) is 0 Å². The molecule has 2 aliphatic heterocycles. The topological polar surface area (TPSA) is 48.0 Å². The molecule has 0 saturated carbocycles. The number of fused-ring (bicyclic) bond motifs is 1. The molecule has 20 heavy (non-hydrogen) atoms. The molecule has 104 valence electrons. The molecule has 0 unspecified atom stereocenters. The van der Waals surface area contributed by atoms with Gasteiger partial charge in [-0.05, 0) is 12.1 Å². The maximum absolute atomic E-state index is 12.0. The van der Waals surface area contributed by atoms with Gasteiger partial charge in [0.05, 0.1) is 12.0 Å². The minimum absolute atomic E-state index is 0.111. The predicted molar refractivity (Wildman–Crippen MR) is 80.1 cm³/mol. The quantitative estimate of drug-likeness (QED) is 0.617. The van der Waals surface area contributed by atoms with Gasteiger partial charge in [0.15, 0.2) is 11.5 Å². The number of hydrogen-bond donors (Lipinski definition) is 0. The smallest absolute Gasteiger partial charge is 0.265 e. The van der Waals surface area contributed by atoms with Gasteiger partial charge in [-0.15, -0.1) is 0 Å². The molecule has 0 atom stereocenters. The molecule has 0 bridgehead atoms. The van der Waals surface area contributed by atoms with Crippen LogP contribution in [0.15, 0.2) is 17.0 Å². The maximum atomic E-state index is 12.0. The lowest BCUT2D eigenvalue weighted by molar-refractivity contribution is -0.121. The Hall–Kier alpha value is -1.73. The number of methoxy groups -OCH3 is 1. The second-order valence-electron chi connectivity index (χ2n) is 4.19. The summed E-state index contributed by atoms with van der Waals surface area (Å²) in [6, 6.07) is 3.55. The van der Waals surface area contributed by atoms with E-state index >= 15 is 0 Å². The molecular formula is C13H11NO4S2. The molecule has 1 aromatic carbocycles. The summed E-state index contributed by atoms with van der Waals surface area (Å²) in [7, 11) is 3.23. The van der Waals surface area contributed by atoms with Crippen molar-refractivity contribution < 1.29 is 19.0 Å². The number of thioether (sulfide) groups is 1. The van der Waals surface area contributed by atoms with Crippen molar-refractivity contribution in [2.24, 2.45) is 0 Å². The van der Waals surface area contributed by atoms with E-state index in [4.69, 9.17) is 26.4 Å². The van der Waals surface area contributed by atoms with E-state index in [1.165, 1.54) is 16.7 Å². The molecule has 0 spiro atoms. The Morgan fingerprint density at radius 2 is 2.10 bits per heavy atom. The molecule has 2 aliphatic rings. The lowest BCUT2D eigenvalue weighted by Gasteiger charge is -2.07. The van der Waals surface area contributed by atoms with Crippen molar-refractivity contribution in [2.75, 3.05) is 21.0 Å². The Bertz CT molecular complexity index is 642. The maximum Gasteiger partial charge on any atom is 0.265 e. The van der Waals surface area contributed by atoms with E-state index in [9.17, 15) is 4.79 Å². The number of carbonyl (C=O) groups is 1. The fourth-order valence-electron chi connectivity index (χ4n) is 1.92. The van der Waals surface area contributed by atoms with Gasteiger partial charge in [0.1, 0.15) is 10.1 Å². The molecule has 0 radical (unpaired) electrons. The van der Waals surface area contributed by atoms with Crippen LogP contribution in [-0.2, 0) is 4.79 Å². The van der Waals surface area contributed by atoms with Crippen LogP contribution < -0.4 is 14.2 Å². The SMILES string of the molecule is COc1cc2c(cc1C=C1SC(=S)N(C)C1=O)OCO2. The van der Waals surface area contributed by atoms with Crippen LogP contribution in [0.2, 0.25) is 0 Å². The van der Waals surface area contributed by atoms with Gasteiger partial charge in [0.25, 0.3) is 5.91 Å². The van der Waals surface area contributed by atoms with Crippen LogP contribution in [0.4, 0.5) is 0 Å². The number of amides is 1. The largest absolute Gasteiger partial charge is 0.496 e. The van der Waals surface area contributed by atoms with Gasteiger partial charge in [0, 0.05) is 18.7 Å². The van der Waals surface area contributed by atoms with Crippen molar-refractivity contribution in [3.63, 3.8) is 0 Å². The minimum Gasteiger partial charge on any atom is -0.496 e. The summed E-state index contributed by atoms with van der Waals surface area (Å²) < 4.78 is 16.5. The minimum atomic E-state index is -0.111. The lowest BCUT2D eigenvalue weighted by Crippen LogP contribution is -2.22. The highest BCUT2D eigenvalue weighted by Crippen LogP contribution is 2.40. The highest BCUT2D eigenvalue weighted by Gasteiger charge is 2.29. The van der Waals surface area contributed by atoms with Gasteiger partial charge < -0.3 is 14.2 Å². The van der Waals surface area contributed by atoms with Gasteiger partial charge in [-0.2, -0.15) is 0 Å². The molecule has 1 aromatic rings. The average molecular weight is 309 g/mol. The zero-order chi connectivity index (χ0) is 14.3. The van der Waals surface area contributed by atoms with E-state index in [-0.39, 0.29) is 12.7 Å². The highest BCUT2D eigenvalue weighted by molar-refractivity contribution is 8.26. The van der Waals surface area contributed by atoms with Crippen molar-refractivity contribution in [3.05, 3.63) is 22.6 Å². The Morgan fingerprint density at radius 1 is 1.40 bits per heavy atom. The first kappa shape index (κ1) is 13.3. The first-order chi connectivity index (χ1) is 9.60. The Balaban J connectivity index is 2.03. The van der Waals surface area contributed by atoms with E-state index in [1.54, 1.807) is 32.4 Å². The van der Waals surface area contributed by atoms with Crippen LogP contribution in [0.25, 0.3) is 6.08 Å². The second-order valence-corrected chi connectivity index (χ2v) is 5.86. The normalized spacial score (nSPS) is 19.1. The number of thiocarbonyl (C=S) groups is 1. The Kier molecular flexibility index (Phi) is 3.31. The predicted octanol–water partition coefficient (Wildman–Crippen LogP) is 2.25. The summed E-state index contributed by atoms with van der Waals surface area (Å²) in [6.45, 7) is 0.193. The van der Waals surface area contributed by atoms with E-state index in [0.717, 1.165) is 5.56 Å². The molecule has 0 aliphatic carbocycles. The number of nitrogens with zero attached hydrogens (tertiary/aromatic N) is 1. The standard InChI is InChI=1S/C13H11NO4S2/c1-14-12(15)11(20-13(14)19)4-7-3-9-10(18-6-17-9)5-8(7)16-2/h3-5H,6H2,1-2H3. The average Bonchev–Trinajstić information content (AvgIpc) is 2.98. The number of rotatable bonds is 2. The van der Waals surface area contributed by atoms with E-state index in [0.29, 0.717) is 26.5 Å². The van der Waals surface area contributed by atoms with Gasteiger partial charge in [0.2, 0.25) is 6.79 Å². The number of likely N-dealkylation sites (N-methyl/N-ethyl adjacent to an activating group) is 1. The van der Waals surface area contributed by atoms with Gasteiger partial charge in [-0.1, -0.05) is 24.0 Å². The second kappa shape index (κ2) is 4.99. The van der Waals surface area contributed by atoms with E-state index in [1.807, 2.05) is 0 Å². The lowest BCUT2D eigenvalue weighted by atomic mass is 10.1. The third-order valence-electron chi connectivity index (χ3n) is 3.00. The molecule has 1 saturated heterocycles. The molecular weight excluding hydrogens is 298 g/mol. The van der Waals surface area contributed by atoms with Crippen LogP contribution in [0.3, 0.4) is 0 Å². The summed E-state index contributed by atoms with van der Waals surface area (Å²) in [5.74, 6) is 1.79. The van der Waals surface area contributed by atoms with Crippen LogP contribution in [-0.4, -0.2) is 36.1 Å². The first-order valence-electron chi connectivity index (χ1n) is 5.79. The van der Waals surface area contributed by atoms with Crippen molar-refractivity contribution in [1.29, 1.82) is 0 Å². The van der Waals surface area contributed by atoms with E-state index < -0.39 is 0 Å². The summed E-state index contributed by atoms with van der Waals surface area (Å²) in [5, 5.41) is 0. The van der Waals surface area contributed by atoms with Gasteiger partial charge in [-0.3, -0.25) is 9.69 Å². The molecule has 1 fully saturated rings. The van der Waals surface area contributed by atoms with Crippen LogP contribution in [0, 0.1) is 0 Å². The Morgan fingerprint density at radius 3 is 2.70 bits per heavy atom. The summed E-state index contributed by atoms with van der Waals surface area (Å²) in [4.78, 5) is 14.0. The first-order valence-corrected chi connectivity index (χ1v) is 7.02. The monoisotopic (exact) mass is 309 g/mol. The summed E-state index contributed by atoms with van der Waals surface area (Å²) in [6.07, 6.45) is 1.75. The molecule has 2 heterocycles. The number of carbonyl (C=O) groups excluding carboxylic acids is 1. The van der Waals surface area contributed by atoms with Crippen molar-refractivity contribution >= 4 is 40.3 Å². The van der Waals surface area contributed by atoms with Crippen molar-refractivity contribution in [3.8, 4) is 17.2 Å². The zero-order valence-electron chi connectivity index (χ0n) is 10.8. The molecule has 7 heteroatoms. The molecule has 1 amide bonds. The third kappa shape index (κ3) is 2.12. The molecule has 0 aromatic heterocycles. The van der Waals surface area contributed by atoms with Crippen LogP contribution in [0.5, 0.6) is 17.2 Å². The zero-order valence-corrected chi connectivity index (χ0v) is 12.5. The fourth-order valence-corrected chi connectivity index (χ4v) is 3.09.